The van der Waals surface area contributed by atoms with Gasteiger partial charge in [-0.3, -0.25) is 4.79 Å². The summed E-state index contributed by atoms with van der Waals surface area (Å²) in [6, 6.07) is 12.1. The predicted octanol–water partition coefficient (Wildman–Crippen LogP) is 4.58. The van der Waals surface area contributed by atoms with Gasteiger partial charge < -0.3 is 19.9 Å². The standard InChI is InChI=1S/C26H33NO4/c1-25(2)17-14-19-23(22-18-7-5-4-6-16(18)8-9-20(22)28)31-13-11-26(19,15-17)24(25)27-21(29)10-12-30-3/h4-9,17,19,23-24,28H,10-15H2,1-3H3,(H,27,29)/t17-,19-,23+,24-,26-/m1/s1. The van der Waals surface area contributed by atoms with Crippen molar-refractivity contribution in [3.05, 3.63) is 42.0 Å². The molecule has 1 spiro atoms. The van der Waals surface area contributed by atoms with E-state index < -0.39 is 0 Å². The van der Waals surface area contributed by atoms with E-state index in [4.69, 9.17) is 9.47 Å². The highest BCUT2D eigenvalue weighted by Gasteiger charge is 2.68. The van der Waals surface area contributed by atoms with Crippen LogP contribution in [0.3, 0.4) is 0 Å². The molecule has 1 heterocycles. The number of hydrogen-bond donors (Lipinski definition) is 2. The van der Waals surface area contributed by atoms with E-state index in [1.807, 2.05) is 18.2 Å². The molecule has 5 heteroatoms. The summed E-state index contributed by atoms with van der Waals surface area (Å²) in [6.07, 6.45) is 3.38. The molecule has 0 radical (unpaired) electrons. The molecular weight excluding hydrogens is 390 g/mol. The number of aromatic hydroxyl groups is 1. The first-order chi connectivity index (χ1) is 14.9. The Labute approximate surface area is 184 Å². The van der Waals surface area contributed by atoms with Crippen molar-refractivity contribution >= 4 is 16.7 Å². The van der Waals surface area contributed by atoms with E-state index in [-0.39, 0.29) is 34.8 Å². The maximum atomic E-state index is 12.7. The van der Waals surface area contributed by atoms with Gasteiger partial charge in [-0.05, 0) is 58.8 Å². The Bertz CT molecular complexity index is 1000. The van der Waals surface area contributed by atoms with Crippen molar-refractivity contribution < 1.29 is 19.4 Å². The number of benzene rings is 2. The van der Waals surface area contributed by atoms with Crippen molar-refractivity contribution in [2.75, 3.05) is 20.3 Å². The van der Waals surface area contributed by atoms with E-state index in [0.29, 0.717) is 31.3 Å². The van der Waals surface area contributed by atoms with E-state index in [9.17, 15) is 9.90 Å². The fraction of sp³-hybridized carbons (Fsp3) is 0.577. The van der Waals surface area contributed by atoms with Crippen molar-refractivity contribution in [2.24, 2.45) is 22.7 Å². The van der Waals surface area contributed by atoms with Gasteiger partial charge in [-0.15, -0.1) is 0 Å². The number of ether oxygens (including phenoxy) is 2. The summed E-state index contributed by atoms with van der Waals surface area (Å²) in [4.78, 5) is 12.7. The van der Waals surface area contributed by atoms with Gasteiger partial charge >= 0.3 is 0 Å². The predicted molar refractivity (Wildman–Crippen MR) is 120 cm³/mol. The number of carbonyl (C=O) groups excluding carboxylic acids is 1. The van der Waals surface area contributed by atoms with Crippen molar-refractivity contribution in [3.8, 4) is 5.75 Å². The van der Waals surface area contributed by atoms with Crippen LogP contribution in [-0.4, -0.2) is 37.4 Å². The molecule has 2 saturated carbocycles. The first kappa shape index (κ1) is 20.8. The highest BCUT2D eigenvalue weighted by Crippen LogP contribution is 2.71. The summed E-state index contributed by atoms with van der Waals surface area (Å²) in [5.41, 5.74) is 0.961. The van der Waals surface area contributed by atoms with Crippen LogP contribution >= 0.6 is 0 Å². The number of phenolic OH excluding ortho intramolecular Hbond substituents is 1. The van der Waals surface area contributed by atoms with E-state index >= 15 is 0 Å². The van der Waals surface area contributed by atoms with Crippen molar-refractivity contribution in [2.45, 2.75) is 51.7 Å². The average Bonchev–Trinajstić information content (AvgIpc) is 3.25. The quantitative estimate of drug-likeness (QED) is 0.739. The first-order valence-corrected chi connectivity index (χ1v) is 11.5. The van der Waals surface area contributed by atoms with Crippen molar-refractivity contribution in [1.29, 1.82) is 0 Å². The molecule has 1 aliphatic heterocycles. The topological polar surface area (TPSA) is 67.8 Å². The van der Waals surface area contributed by atoms with E-state index in [2.05, 4.69) is 31.3 Å². The molecule has 2 aliphatic carbocycles. The van der Waals surface area contributed by atoms with Gasteiger partial charge in [0.15, 0.2) is 0 Å². The highest BCUT2D eigenvalue weighted by molar-refractivity contribution is 5.88. The van der Waals surface area contributed by atoms with Crippen molar-refractivity contribution in [1.82, 2.24) is 5.32 Å². The maximum absolute atomic E-state index is 12.7. The number of hydrogen-bond acceptors (Lipinski definition) is 4. The lowest BCUT2D eigenvalue weighted by Crippen LogP contribution is -2.59. The molecule has 3 aliphatic rings. The molecule has 2 aromatic rings. The van der Waals surface area contributed by atoms with E-state index in [0.717, 1.165) is 35.6 Å². The number of rotatable bonds is 5. The summed E-state index contributed by atoms with van der Waals surface area (Å²) in [5, 5.41) is 16.5. The van der Waals surface area contributed by atoms with Crippen LogP contribution in [0.1, 0.15) is 51.2 Å². The molecule has 2 bridgehead atoms. The normalized spacial score (nSPS) is 33.4. The summed E-state index contributed by atoms with van der Waals surface area (Å²) in [5.74, 6) is 1.19. The molecule has 5 rings (SSSR count). The summed E-state index contributed by atoms with van der Waals surface area (Å²) in [7, 11) is 1.63. The lowest BCUT2D eigenvalue weighted by atomic mass is 9.58. The summed E-state index contributed by atoms with van der Waals surface area (Å²) in [6.45, 7) is 5.71. The molecule has 0 aromatic heterocycles. The second kappa shape index (κ2) is 7.49. The monoisotopic (exact) mass is 423 g/mol. The fourth-order valence-corrected chi connectivity index (χ4v) is 7.08. The van der Waals surface area contributed by atoms with E-state index in [1.165, 1.54) is 0 Å². The minimum Gasteiger partial charge on any atom is -0.508 e. The summed E-state index contributed by atoms with van der Waals surface area (Å²) < 4.78 is 11.5. The van der Waals surface area contributed by atoms with Gasteiger partial charge in [0.1, 0.15) is 5.75 Å². The Morgan fingerprint density at radius 1 is 1.26 bits per heavy atom. The molecular formula is C26H33NO4. The minimum atomic E-state index is -0.153. The smallest absolute Gasteiger partial charge is 0.222 e. The lowest BCUT2D eigenvalue weighted by molar-refractivity contribution is -0.137. The molecule has 166 valence electrons. The third-order valence-corrected chi connectivity index (χ3v) is 8.58. The van der Waals surface area contributed by atoms with Gasteiger partial charge in [0, 0.05) is 31.7 Å². The zero-order chi connectivity index (χ0) is 21.8. The molecule has 2 N–H and O–H groups in total. The zero-order valence-electron chi connectivity index (χ0n) is 18.7. The molecule has 1 amide bonds. The Balaban J connectivity index is 1.53. The number of amides is 1. The number of nitrogens with one attached hydrogen (secondary N) is 1. The van der Waals surface area contributed by atoms with Gasteiger partial charge in [0.2, 0.25) is 5.91 Å². The van der Waals surface area contributed by atoms with Gasteiger partial charge in [-0.2, -0.15) is 0 Å². The van der Waals surface area contributed by atoms with Crippen LogP contribution in [0.2, 0.25) is 0 Å². The average molecular weight is 424 g/mol. The fourth-order valence-electron chi connectivity index (χ4n) is 7.08. The van der Waals surface area contributed by atoms with Gasteiger partial charge in [-0.25, -0.2) is 0 Å². The van der Waals surface area contributed by atoms with Crippen LogP contribution in [0.25, 0.3) is 10.8 Å². The van der Waals surface area contributed by atoms with Crippen LogP contribution in [-0.2, 0) is 14.3 Å². The minimum absolute atomic E-state index is 0.00317. The van der Waals surface area contributed by atoms with Crippen LogP contribution in [0.5, 0.6) is 5.75 Å². The third-order valence-electron chi connectivity index (χ3n) is 8.58. The highest BCUT2D eigenvalue weighted by atomic mass is 16.5. The number of carbonyl (C=O) groups is 1. The Morgan fingerprint density at radius 2 is 2.06 bits per heavy atom. The maximum Gasteiger partial charge on any atom is 0.222 e. The number of phenols is 1. The Kier molecular flexibility index (Phi) is 5.02. The molecule has 0 unspecified atom stereocenters. The second-order valence-electron chi connectivity index (χ2n) is 10.3. The molecule has 3 fully saturated rings. The molecule has 5 atom stereocenters. The zero-order valence-corrected chi connectivity index (χ0v) is 18.7. The first-order valence-electron chi connectivity index (χ1n) is 11.5. The second-order valence-corrected chi connectivity index (χ2v) is 10.3. The molecule has 1 saturated heterocycles. The lowest BCUT2D eigenvalue weighted by Gasteiger charge is -2.53. The van der Waals surface area contributed by atoms with Gasteiger partial charge in [-0.1, -0.05) is 44.2 Å². The molecule has 31 heavy (non-hydrogen) atoms. The Morgan fingerprint density at radius 3 is 2.87 bits per heavy atom. The molecule has 2 aromatic carbocycles. The van der Waals surface area contributed by atoms with Crippen LogP contribution in [0.4, 0.5) is 0 Å². The van der Waals surface area contributed by atoms with Gasteiger partial charge in [0.25, 0.3) is 0 Å². The number of fused-ring (bicyclic) bond motifs is 2. The van der Waals surface area contributed by atoms with Crippen LogP contribution < -0.4 is 5.32 Å². The van der Waals surface area contributed by atoms with Gasteiger partial charge in [0.05, 0.1) is 12.7 Å². The third kappa shape index (κ3) is 3.08. The SMILES string of the molecule is COCCC(=O)N[C@@H]1C(C)(C)[C@@H]2C[C@@H]3[C@@H](c4c(O)ccc5ccccc45)OCC[C@@]31C2. The van der Waals surface area contributed by atoms with E-state index in [1.54, 1.807) is 13.2 Å². The van der Waals surface area contributed by atoms with Crippen LogP contribution in [0, 0.1) is 22.7 Å². The van der Waals surface area contributed by atoms with Crippen molar-refractivity contribution in [3.63, 3.8) is 0 Å². The summed E-state index contributed by atoms with van der Waals surface area (Å²) >= 11 is 0. The van der Waals surface area contributed by atoms with Crippen LogP contribution in [0.15, 0.2) is 36.4 Å². The number of methoxy groups -OCH3 is 1. The largest absolute Gasteiger partial charge is 0.508 e. The molecule has 5 nitrogen and oxygen atoms in total. The Hall–Kier alpha value is -2.11.